The summed E-state index contributed by atoms with van der Waals surface area (Å²) in [6, 6.07) is 6.46. The molecule has 0 unspecified atom stereocenters. The minimum atomic E-state index is -1.16. The van der Waals surface area contributed by atoms with E-state index in [9.17, 15) is 19.2 Å². The summed E-state index contributed by atoms with van der Waals surface area (Å²) < 4.78 is 5.29. The molecule has 1 fully saturated rings. The molecule has 3 N–H and O–H groups in total. The highest BCUT2D eigenvalue weighted by Crippen LogP contribution is 2.29. The average molecular weight is 393 g/mol. The van der Waals surface area contributed by atoms with Crippen LogP contribution in [-0.2, 0) is 19.1 Å². The summed E-state index contributed by atoms with van der Waals surface area (Å²) >= 11 is 1.56. The van der Waals surface area contributed by atoms with E-state index in [4.69, 9.17) is 10.5 Å². The number of primary amides is 1. The Morgan fingerprint density at radius 1 is 1.33 bits per heavy atom. The largest absolute Gasteiger partial charge is 0.452 e. The van der Waals surface area contributed by atoms with Crippen LogP contribution in [0.3, 0.4) is 0 Å². The number of nitrogens with one attached hydrogen (secondary N) is 1. The molecule has 4 amide bonds. The van der Waals surface area contributed by atoms with Crippen LogP contribution in [0.1, 0.15) is 20.3 Å². The number of nitrogens with zero attached hydrogens (tertiary/aromatic N) is 1. The third-order valence-corrected chi connectivity index (χ3v) is 4.90. The van der Waals surface area contributed by atoms with Gasteiger partial charge in [-0.2, -0.15) is 0 Å². The first kappa shape index (κ1) is 20.8. The minimum Gasteiger partial charge on any atom is -0.452 e. The van der Waals surface area contributed by atoms with E-state index in [1.165, 1.54) is 0 Å². The highest BCUT2D eigenvalue weighted by molar-refractivity contribution is 7.98. The number of thioether (sulfide) groups is 1. The number of carbonyl (C=O) groups is 4. The van der Waals surface area contributed by atoms with Crippen molar-refractivity contribution in [3.8, 4) is 0 Å². The Morgan fingerprint density at radius 3 is 2.63 bits per heavy atom. The number of hydrogen-bond donors (Lipinski definition) is 2. The maximum atomic E-state index is 12.5. The molecular weight excluding hydrogens is 370 g/mol. The summed E-state index contributed by atoms with van der Waals surface area (Å²) in [6.45, 7) is 3.54. The summed E-state index contributed by atoms with van der Waals surface area (Å²) in [4.78, 5) is 50.3. The Balaban J connectivity index is 2.07. The van der Waals surface area contributed by atoms with Crippen molar-refractivity contribution in [2.45, 2.75) is 31.3 Å². The smallest absolute Gasteiger partial charge is 0.318 e. The molecule has 1 heterocycles. The fourth-order valence-corrected chi connectivity index (χ4v) is 3.25. The lowest BCUT2D eigenvalue weighted by Crippen LogP contribution is -2.46. The Kier molecular flexibility index (Phi) is 6.84. The van der Waals surface area contributed by atoms with Crippen LogP contribution in [0, 0.1) is 11.8 Å². The minimum absolute atomic E-state index is 0.00455. The van der Waals surface area contributed by atoms with Crippen molar-refractivity contribution in [1.29, 1.82) is 0 Å². The number of benzene rings is 1. The van der Waals surface area contributed by atoms with Gasteiger partial charge in [-0.15, -0.1) is 11.8 Å². The molecule has 27 heavy (non-hydrogen) atoms. The van der Waals surface area contributed by atoms with E-state index in [1.807, 2.05) is 35.8 Å². The van der Waals surface area contributed by atoms with Gasteiger partial charge in [0.25, 0.3) is 5.91 Å². The van der Waals surface area contributed by atoms with Gasteiger partial charge in [0.15, 0.2) is 6.10 Å². The molecule has 1 aliphatic rings. The number of carbonyl (C=O) groups excluding carboxylic acids is 4. The van der Waals surface area contributed by atoms with Gasteiger partial charge in [-0.3, -0.25) is 19.7 Å². The van der Waals surface area contributed by atoms with Gasteiger partial charge in [-0.05, 0) is 30.4 Å². The molecule has 1 aromatic rings. The maximum absolute atomic E-state index is 12.5. The predicted molar refractivity (Wildman–Crippen MR) is 101 cm³/mol. The molecule has 0 aliphatic carbocycles. The van der Waals surface area contributed by atoms with Crippen molar-refractivity contribution in [2.24, 2.45) is 17.6 Å². The van der Waals surface area contributed by atoms with E-state index in [0.717, 1.165) is 4.90 Å². The zero-order chi connectivity index (χ0) is 20.1. The van der Waals surface area contributed by atoms with E-state index in [0.29, 0.717) is 5.69 Å². The molecule has 0 bridgehead atoms. The second-order valence-corrected chi connectivity index (χ2v) is 7.44. The fraction of sp³-hybridized carbons (Fsp3) is 0.444. The highest BCUT2D eigenvalue weighted by Gasteiger charge is 2.38. The van der Waals surface area contributed by atoms with Gasteiger partial charge >= 0.3 is 12.0 Å². The standard InChI is InChI=1S/C18H23N3O5S/c1-10(2)15(16(23)20-18(19)25)26-17(24)11-7-14(22)21(9-11)12-5-4-6-13(8-12)27-3/h4-6,8,10-11,15H,7,9H2,1-3H3,(H3,19,20,23,25)/t11-,15-/m0/s1. The molecule has 1 aliphatic heterocycles. The van der Waals surface area contributed by atoms with Gasteiger partial charge in [-0.1, -0.05) is 19.9 Å². The van der Waals surface area contributed by atoms with Crippen LogP contribution >= 0.6 is 11.8 Å². The SMILES string of the molecule is CSc1cccc(N2C[C@@H](C(=O)O[C@H](C(=O)NC(N)=O)C(C)C)CC2=O)c1. The van der Waals surface area contributed by atoms with Gasteiger partial charge in [0, 0.05) is 23.5 Å². The van der Waals surface area contributed by atoms with E-state index in [-0.39, 0.29) is 24.8 Å². The zero-order valence-electron chi connectivity index (χ0n) is 15.4. The first-order valence-corrected chi connectivity index (χ1v) is 9.70. The van der Waals surface area contributed by atoms with Crippen LogP contribution in [-0.4, -0.2) is 42.7 Å². The molecule has 0 spiro atoms. The molecule has 9 heteroatoms. The van der Waals surface area contributed by atoms with Gasteiger partial charge < -0.3 is 15.4 Å². The molecule has 146 valence electrons. The van der Waals surface area contributed by atoms with Crippen molar-refractivity contribution in [2.75, 3.05) is 17.7 Å². The third kappa shape index (κ3) is 5.22. The first-order chi connectivity index (χ1) is 12.7. The van der Waals surface area contributed by atoms with Crippen LogP contribution in [0.5, 0.6) is 0 Å². The van der Waals surface area contributed by atoms with Gasteiger partial charge in [0.05, 0.1) is 5.92 Å². The number of urea groups is 1. The Morgan fingerprint density at radius 2 is 2.04 bits per heavy atom. The number of nitrogens with two attached hydrogens (primary N) is 1. The first-order valence-electron chi connectivity index (χ1n) is 8.48. The number of anilines is 1. The number of amides is 4. The van der Waals surface area contributed by atoms with Crippen LogP contribution < -0.4 is 16.0 Å². The second kappa shape index (κ2) is 8.90. The van der Waals surface area contributed by atoms with Crippen LogP contribution in [0.2, 0.25) is 0 Å². The van der Waals surface area contributed by atoms with Crippen molar-refractivity contribution in [3.05, 3.63) is 24.3 Å². The monoisotopic (exact) mass is 393 g/mol. The fourth-order valence-electron chi connectivity index (χ4n) is 2.80. The van der Waals surface area contributed by atoms with Crippen molar-refractivity contribution in [3.63, 3.8) is 0 Å². The van der Waals surface area contributed by atoms with Gasteiger partial charge in [0.2, 0.25) is 5.91 Å². The van der Waals surface area contributed by atoms with Gasteiger partial charge in [-0.25, -0.2) is 4.79 Å². The predicted octanol–water partition coefficient (Wildman–Crippen LogP) is 1.52. The average Bonchev–Trinajstić information content (AvgIpc) is 3.00. The maximum Gasteiger partial charge on any atom is 0.318 e. The highest BCUT2D eigenvalue weighted by atomic mass is 32.2. The molecule has 1 aromatic carbocycles. The zero-order valence-corrected chi connectivity index (χ0v) is 16.2. The number of esters is 1. The number of hydrogen-bond acceptors (Lipinski definition) is 6. The van der Waals surface area contributed by atoms with E-state index in [2.05, 4.69) is 0 Å². The van der Waals surface area contributed by atoms with Crippen molar-refractivity contribution >= 4 is 41.3 Å². The molecule has 0 radical (unpaired) electrons. The Bertz CT molecular complexity index is 752. The molecule has 2 rings (SSSR count). The molecule has 0 saturated carbocycles. The van der Waals surface area contributed by atoms with E-state index in [1.54, 1.807) is 30.5 Å². The molecule has 1 saturated heterocycles. The quantitative estimate of drug-likeness (QED) is 0.559. The molecular formula is C18H23N3O5S. The van der Waals surface area contributed by atoms with E-state index >= 15 is 0 Å². The lowest BCUT2D eigenvalue weighted by Gasteiger charge is -2.22. The lowest BCUT2D eigenvalue weighted by molar-refractivity contribution is -0.161. The van der Waals surface area contributed by atoms with Crippen molar-refractivity contribution < 1.29 is 23.9 Å². The van der Waals surface area contributed by atoms with Crippen LogP contribution in [0.25, 0.3) is 0 Å². The number of rotatable bonds is 6. The summed E-state index contributed by atoms with van der Waals surface area (Å²) in [6.07, 6.45) is 0.785. The molecule has 0 aromatic heterocycles. The van der Waals surface area contributed by atoms with Crippen molar-refractivity contribution in [1.82, 2.24) is 5.32 Å². The third-order valence-electron chi connectivity index (χ3n) is 4.18. The Hall–Kier alpha value is -2.55. The lowest BCUT2D eigenvalue weighted by atomic mass is 10.1. The summed E-state index contributed by atoms with van der Waals surface area (Å²) in [5, 5.41) is 1.92. The topological polar surface area (TPSA) is 119 Å². The summed E-state index contributed by atoms with van der Waals surface area (Å²) in [5.41, 5.74) is 5.66. The Labute approximate surface area is 161 Å². The summed E-state index contributed by atoms with van der Waals surface area (Å²) in [7, 11) is 0. The normalized spacial score (nSPS) is 17.7. The van der Waals surface area contributed by atoms with Gasteiger partial charge in [0.1, 0.15) is 0 Å². The second-order valence-electron chi connectivity index (χ2n) is 6.56. The molecule has 8 nitrogen and oxygen atoms in total. The number of ether oxygens (including phenoxy) is 1. The molecule has 2 atom stereocenters. The van der Waals surface area contributed by atoms with Crippen LogP contribution in [0.4, 0.5) is 10.5 Å². The van der Waals surface area contributed by atoms with Crippen LogP contribution in [0.15, 0.2) is 29.2 Å². The number of imide groups is 1. The van der Waals surface area contributed by atoms with E-state index < -0.39 is 29.9 Å². The summed E-state index contributed by atoms with van der Waals surface area (Å²) in [5.74, 6) is -2.65.